The molecule has 0 fully saturated rings. The summed E-state index contributed by atoms with van der Waals surface area (Å²) >= 11 is 0. The Labute approximate surface area is 120 Å². The summed E-state index contributed by atoms with van der Waals surface area (Å²) in [7, 11) is 0. The van der Waals surface area contributed by atoms with Gasteiger partial charge in [-0.1, -0.05) is 37.6 Å². The molecule has 1 heterocycles. The first-order chi connectivity index (χ1) is 9.74. The lowest BCUT2D eigenvalue weighted by Crippen LogP contribution is -2.20. The second-order valence-corrected chi connectivity index (χ2v) is 4.94. The molecule has 1 aromatic carbocycles. The first-order valence-corrected chi connectivity index (χ1v) is 7.26. The van der Waals surface area contributed by atoms with Gasteiger partial charge in [-0.2, -0.15) is 0 Å². The van der Waals surface area contributed by atoms with Gasteiger partial charge in [-0.25, -0.2) is 0 Å². The van der Waals surface area contributed by atoms with E-state index in [-0.39, 0.29) is 11.9 Å². The smallest absolute Gasteiger partial charge is 0.309 e. The third-order valence-electron chi connectivity index (χ3n) is 3.37. The third kappa shape index (κ3) is 3.56. The monoisotopic (exact) mass is 271 g/mol. The van der Waals surface area contributed by atoms with Crippen LogP contribution in [-0.4, -0.2) is 17.6 Å². The molecule has 0 spiro atoms. The second kappa shape index (κ2) is 7.04. The average Bonchev–Trinajstić information content (AvgIpc) is 2.47. The summed E-state index contributed by atoms with van der Waals surface area (Å²) in [6, 6.07) is 12.1. The van der Waals surface area contributed by atoms with Crippen LogP contribution in [0, 0.1) is 5.92 Å². The topological polar surface area (TPSA) is 39.2 Å². The lowest BCUT2D eigenvalue weighted by atomic mass is 9.97. The van der Waals surface area contributed by atoms with Gasteiger partial charge in [-0.3, -0.25) is 9.78 Å². The molecule has 20 heavy (non-hydrogen) atoms. The van der Waals surface area contributed by atoms with Gasteiger partial charge in [0, 0.05) is 17.5 Å². The average molecular weight is 271 g/mol. The van der Waals surface area contributed by atoms with E-state index < -0.39 is 0 Å². The van der Waals surface area contributed by atoms with Crippen molar-refractivity contribution in [2.24, 2.45) is 5.92 Å². The van der Waals surface area contributed by atoms with Crippen LogP contribution in [-0.2, 0) is 16.0 Å². The number of benzene rings is 1. The molecule has 1 atom stereocenters. The van der Waals surface area contributed by atoms with Crippen LogP contribution >= 0.6 is 0 Å². The van der Waals surface area contributed by atoms with E-state index in [1.807, 2.05) is 37.3 Å². The van der Waals surface area contributed by atoms with Crippen molar-refractivity contribution in [1.29, 1.82) is 0 Å². The number of hydrogen-bond donors (Lipinski definition) is 0. The van der Waals surface area contributed by atoms with Crippen molar-refractivity contribution in [2.45, 2.75) is 33.1 Å². The molecular weight excluding hydrogens is 250 g/mol. The normalized spacial score (nSPS) is 12.3. The van der Waals surface area contributed by atoms with Gasteiger partial charge in [0.2, 0.25) is 0 Å². The largest absolute Gasteiger partial charge is 0.466 e. The summed E-state index contributed by atoms with van der Waals surface area (Å²) < 4.78 is 5.15. The minimum absolute atomic E-state index is 0.0892. The number of carbonyl (C=O) groups is 1. The number of fused-ring (bicyclic) bond motifs is 1. The highest BCUT2D eigenvalue weighted by molar-refractivity contribution is 5.78. The Balaban J connectivity index is 2.17. The number of carbonyl (C=O) groups excluding carboxylic acids is 1. The lowest BCUT2D eigenvalue weighted by Gasteiger charge is -2.14. The minimum Gasteiger partial charge on any atom is -0.466 e. The van der Waals surface area contributed by atoms with Gasteiger partial charge >= 0.3 is 5.97 Å². The molecule has 1 unspecified atom stereocenters. The fraction of sp³-hybridized carbons (Fsp3) is 0.412. The van der Waals surface area contributed by atoms with E-state index in [0.29, 0.717) is 13.0 Å². The number of aromatic nitrogens is 1. The molecule has 106 valence electrons. The Hall–Kier alpha value is -1.90. The summed E-state index contributed by atoms with van der Waals surface area (Å²) in [6.45, 7) is 4.36. The molecule has 0 aliphatic rings. The molecule has 3 heteroatoms. The van der Waals surface area contributed by atoms with Crippen LogP contribution in [0.25, 0.3) is 10.9 Å². The van der Waals surface area contributed by atoms with Crippen molar-refractivity contribution >= 4 is 16.9 Å². The van der Waals surface area contributed by atoms with E-state index in [9.17, 15) is 4.79 Å². The summed E-state index contributed by atoms with van der Waals surface area (Å²) in [6.07, 6.45) is 2.46. The molecular formula is C17H21NO2. The molecule has 2 aromatic rings. The van der Waals surface area contributed by atoms with Crippen molar-refractivity contribution in [2.75, 3.05) is 6.61 Å². The number of pyridine rings is 1. The summed E-state index contributed by atoms with van der Waals surface area (Å²) in [5.74, 6) is -0.196. The number of rotatable bonds is 6. The quantitative estimate of drug-likeness (QED) is 0.751. The van der Waals surface area contributed by atoms with Gasteiger partial charge in [0.1, 0.15) is 0 Å². The number of esters is 1. The first-order valence-electron chi connectivity index (χ1n) is 7.26. The van der Waals surface area contributed by atoms with Crippen molar-refractivity contribution in [1.82, 2.24) is 4.98 Å². The maximum absolute atomic E-state index is 12.0. The SMILES string of the molecule is CCCC(Cc1ccc2ccccc2n1)C(=O)OCC. The highest BCUT2D eigenvalue weighted by Crippen LogP contribution is 2.18. The van der Waals surface area contributed by atoms with Crippen LogP contribution in [0.5, 0.6) is 0 Å². The zero-order valence-electron chi connectivity index (χ0n) is 12.1. The van der Waals surface area contributed by atoms with E-state index in [2.05, 4.69) is 18.0 Å². The predicted octanol–water partition coefficient (Wildman–Crippen LogP) is 3.76. The van der Waals surface area contributed by atoms with Crippen LogP contribution in [0.4, 0.5) is 0 Å². The van der Waals surface area contributed by atoms with Crippen molar-refractivity contribution in [3.63, 3.8) is 0 Å². The Kier molecular flexibility index (Phi) is 5.10. The van der Waals surface area contributed by atoms with E-state index >= 15 is 0 Å². The number of para-hydroxylation sites is 1. The fourth-order valence-corrected chi connectivity index (χ4v) is 2.39. The molecule has 0 radical (unpaired) electrons. The van der Waals surface area contributed by atoms with Crippen molar-refractivity contribution < 1.29 is 9.53 Å². The van der Waals surface area contributed by atoms with Gasteiger partial charge in [0.15, 0.2) is 0 Å². The Morgan fingerprint density at radius 3 is 2.75 bits per heavy atom. The van der Waals surface area contributed by atoms with Crippen LogP contribution < -0.4 is 0 Å². The van der Waals surface area contributed by atoms with E-state index in [4.69, 9.17) is 4.74 Å². The second-order valence-electron chi connectivity index (χ2n) is 4.94. The van der Waals surface area contributed by atoms with E-state index in [1.54, 1.807) is 0 Å². The number of hydrogen-bond acceptors (Lipinski definition) is 3. The molecule has 0 amide bonds. The van der Waals surface area contributed by atoms with Crippen molar-refractivity contribution in [3.8, 4) is 0 Å². The van der Waals surface area contributed by atoms with Crippen molar-refractivity contribution in [3.05, 3.63) is 42.1 Å². The molecule has 0 saturated carbocycles. The molecule has 0 saturated heterocycles. The Morgan fingerprint density at radius 1 is 1.20 bits per heavy atom. The molecule has 3 nitrogen and oxygen atoms in total. The molecule has 0 bridgehead atoms. The third-order valence-corrected chi connectivity index (χ3v) is 3.37. The number of ether oxygens (including phenoxy) is 1. The molecule has 2 rings (SSSR count). The van der Waals surface area contributed by atoms with Crippen LogP contribution in [0.15, 0.2) is 36.4 Å². The zero-order valence-corrected chi connectivity index (χ0v) is 12.1. The van der Waals surface area contributed by atoms with Gasteiger partial charge < -0.3 is 4.74 Å². The summed E-state index contributed by atoms with van der Waals surface area (Å²) in [5, 5.41) is 1.12. The van der Waals surface area contributed by atoms with Gasteiger partial charge in [-0.15, -0.1) is 0 Å². The lowest BCUT2D eigenvalue weighted by molar-refractivity contribution is -0.148. The fourth-order valence-electron chi connectivity index (χ4n) is 2.39. The Morgan fingerprint density at radius 2 is 2.00 bits per heavy atom. The van der Waals surface area contributed by atoms with E-state index in [0.717, 1.165) is 29.4 Å². The molecule has 1 aromatic heterocycles. The van der Waals surface area contributed by atoms with Gasteiger partial charge in [0.05, 0.1) is 18.0 Å². The highest BCUT2D eigenvalue weighted by Gasteiger charge is 2.20. The summed E-state index contributed by atoms with van der Waals surface area (Å²) in [5.41, 5.74) is 1.93. The Bertz CT molecular complexity index is 580. The highest BCUT2D eigenvalue weighted by atomic mass is 16.5. The summed E-state index contributed by atoms with van der Waals surface area (Å²) in [4.78, 5) is 16.6. The predicted molar refractivity (Wildman–Crippen MR) is 80.5 cm³/mol. The van der Waals surface area contributed by atoms with Crippen LogP contribution in [0.2, 0.25) is 0 Å². The van der Waals surface area contributed by atoms with Crippen LogP contribution in [0.1, 0.15) is 32.4 Å². The van der Waals surface area contributed by atoms with Gasteiger partial charge in [0.25, 0.3) is 0 Å². The maximum atomic E-state index is 12.0. The number of nitrogens with zero attached hydrogens (tertiary/aromatic N) is 1. The molecule has 0 aliphatic carbocycles. The zero-order chi connectivity index (χ0) is 14.4. The maximum Gasteiger partial charge on any atom is 0.309 e. The minimum atomic E-state index is -0.107. The standard InChI is InChI=1S/C17H21NO2/c1-3-7-14(17(19)20-4-2)12-15-11-10-13-8-5-6-9-16(13)18-15/h5-6,8-11,14H,3-4,7,12H2,1-2H3. The van der Waals surface area contributed by atoms with E-state index in [1.165, 1.54) is 0 Å². The van der Waals surface area contributed by atoms with Gasteiger partial charge in [-0.05, 0) is 25.5 Å². The van der Waals surface area contributed by atoms with Crippen LogP contribution in [0.3, 0.4) is 0 Å². The molecule has 0 aliphatic heterocycles. The molecule has 0 N–H and O–H groups in total. The first kappa shape index (κ1) is 14.5.